The molecular formula is C18H18F3N3O2S. The molecule has 0 aromatic carbocycles. The van der Waals surface area contributed by atoms with Gasteiger partial charge in [0, 0.05) is 18.7 Å². The van der Waals surface area contributed by atoms with Crippen LogP contribution < -0.4 is 5.56 Å². The third kappa shape index (κ3) is 3.52. The number of hydrogen-bond donors (Lipinski definition) is 1. The predicted octanol–water partition coefficient (Wildman–Crippen LogP) is 3.40. The number of carbonyl (C=O) groups is 1. The largest absolute Gasteiger partial charge is 0.391 e. The van der Waals surface area contributed by atoms with Crippen LogP contribution in [0.3, 0.4) is 0 Å². The molecule has 0 bridgehead atoms. The molecule has 144 valence electrons. The van der Waals surface area contributed by atoms with E-state index in [1.54, 1.807) is 12.1 Å². The summed E-state index contributed by atoms with van der Waals surface area (Å²) in [4.78, 5) is 34.6. The molecule has 1 aliphatic heterocycles. The van der Waals surface area contributed by atoms with Crippen molar-refractivity contribution < 1.29 is 18.0 Å². The van der Waals surface area contributed by atoms with Crippen LogP contribution in [0.4, 0.5) is 13.2 Å². The molecule has 4 rings (SSSR count). The Labute approximate surface area is 157 Å². The van der Waals surface area contributed by atoms with Gasteiger partial charge in [0.15, 0.2) is 5.82 Å². The summed E-state index contributed by atoms with van der Waals surface area (Å²) in [6, 6.07) is 3.37. The molecule has 5 nitrogen and oxygen atoms in total. The molecule has 0 saturated carbocycles. The number of fused-ring (bicyclic) bond motifs is 1. The Morgan fingerprint density at radius 1 is 1.22 bits per heavy atom. The Hall–Kier alpha value is -2.16. The number of likely N-dealkylation sites (tertiary alicyclic amines) is 1. The van der Waals surface area contributed by atoms with Crippen molar-refractivity contribution in [3.63, 3.8) is 0 Å². The average molecular weight is 397 g/mol. The van der Waals surface area contributed by atoms with Crippen LogP contribution in [0.2, 0.25) is 0 Å². The summed E-state index contributed by atoms with van der Waals surface area (Å²) in [5, 5.41) is 0. The van der Waals surface area contributed by atoms with Crippen molar-refractivity contribution in [2.45, 2.75) is 38.3 Å². The Balaban J connectivity index is 1.49. The zero-order valence-electron chi connectivity index (χ0n) is 14.4. The fourth-order valence-corrected chi connectivity index (χ4v) is 4.62. The first kappa shape index (κ1) is 18.2. The molecular weight excluding hydrogens is 379 g/mol. The number of piperidine rings is 1. The minimum Gasteiger partial charge on any atom is -0.338 e. The number of rotatable bonds is 2. The number of nitrogens with one attached hydrogen (secondary N) is 1. The molecule has 1 fully saturated rings. The van der Waals surface area contributed by atoms with Crippen LogP contribution in [0.5, 0.6) is 0 Å². The molecule has 1 aliphatic carbocycles. The number of aryl methyl sites for hydroxylation is 1. The third-order valence-electron chi connectivity index (χ3n) is 5.24. The van der Waals surface area contributed by atoms with Gasteiger partial charge in [-0.1, -0.05) is 0 Å². The maximum absolute atomic E-state index is 12.8. The summed E-state index contributed by atoms with van der Waals surface area (Å²) >= 11 is 1.20. The smallest absolute Gasteiger partial charge is 0.338 e. The number of nitrogens with zero attached hydrogens (tertiary/aromatic N) is 2. The van der Waals surface area contributed by atoms with E-state index in [-0.39, 0.29) is 37.4 Å². The molecule has 1 amide bonds. The third-order valence-corrected chi connectivity index (χ3v) is 6.32. The van der Waals surface area contributed by atoms with E-state index in [0.717, 1.165) is 30.5 Å². The van der Waals surface area contributed by atoms with Crippen molar-refractivity contribution in [1.29, 1.82) is 0 Å². The van der Waals surface area contributed by atoms with Gasteiger partial charge in [-0.15, -0.1) is 11.3 Å². The first-order valence-corrected chi connectivity index (χ1v) is 9.73. The highest BCUT2D eigenvalue weighted by molar-refractivity contribution is 7.17. The number of carbonyl (C=O) groups excluding carboxylic acids is 1. The van der Waals surface area contributed by atoms with Gasteiger partial charge in [-0.25, -0.2) is 4.98 Å². The van der Waals surface area contributed by atoms with Crippen LogP contribution in [0.1, 0.15) is 40.2 Å². The van der Waals surface area contributed by atoms with Crippen molar-refractivity contribution in [2.24, 2.45) is 5.92 Å². The molecule has 2 aliphatic rings. The molecule has 1 saturated heterocycles. The second-order valence-corrected chi connectivity index (χ2v) is 8.05. The molecule has 0 spiro atoms. The van der Waals surface area contributed by atoms with Crippen LogP contribution >= 0.6 is 11.3 Å². The highest BCUT2D eigenvalue weighted by Gasteiger charge is 2.41. The average Bonchev–Trinajstić information content (AvgIpc) is 3.30. The fourth-order valence-electron chi connectivity index (χ4n) is 3.70. The second kappa shape index (κ2) is 6.78. The molecule has 0 unspecified atom stereocenters. The number of thiophene rings is 1. The van der Waals surface area contributed by atoms with Crippen LogP contribution in [0.15, 0.2) is 16.9 Å². The minimum absolute atomic E-state index is 0.0623. The summed E-state index contributed by atoms with van der Waals surface area (Å²) in [5.74, 6) is -1.16. The van der Waals surface area contributed by atoms with Gasteiger partial charge in [0.25, 0.3) is 11.5 Å². The van der Waals surface area contributed by atoms with Gasteiger partial charge in [0.05, 0.1) is 21.4 Å². The highest BCUT2D eigenvalue weighted by atomic mass is 32.1. The lowest BCUT2D eigenvalue weighted by atomic mass is 9.96. The van der Waals surface area contributed by atoms with E-state index in [2.05, 4.69) is 9.97 Å². The van der Waals surface area contributed by atoms with Crippen LogP contribution in [-0.2, 0) is 12.8 Å². The van der Waals surface area contributed by atoms with Gasteiger partial charge in [-0.05, 0) is 44.2 Å². The molecule has 2 aromatic rings. The zero-order chi connectivity index (χ0) is 19.2. The zero-order valence-corrected chi connectivity index (χ0v) is 15.3. The first-order valence-electron chi connectivity index (χ1n) is 8.91. The maximum Gasteiger partial charge on any atom is 0.391 e. The standard InChI is InChI=1S/C18H18F3N3O2S/c19-18(20,21)10-6-8-24(9-7-10)17(26)14-5-4-13(27-14)15-22-12-3-1-2-11(12)16(25)23-15/h4-5,10H,1-3,6-9H2,(H,22,23,25). The maximum atomic E-state index is 12.8. The van der Waals surface area contributed by atoms with Crippen molar-refractivity contribution in [3.8, 4) is 10.7 Å². The van der Waals surface area contributed by atoms with E-state index in [4.69, 9.17) is 0 Å². The molecule has 27 heavy (non-hydrogen) atoms. The van der Waals surface area contributed by atoms with Crippen LogP contribution in [0.25, 0.3) is 10.7 Å². The normalized spacial score (nSPS) is 18.0. The number of alkyl halides is 3. The van der Waals surface area contributed by atoms with Gasteiger partial charge in [-0.3, -0.25) is 9.59 Å². The fraction of sp³-hybridized carbons (Fsp3) is 0.500. The second-order valence-electron chi connectivity index (χ2n) is 6.97. The van der Waals surface area contributed by atoms with Crippen molar-refractivity contribution in [2.75, 3.05) is 13.1 Å². The number of H-pyrrole nitrogens is 1. The SMILES string of the molecule is O=C(c1ccc(-c2nc3c(c(=O)[nH]2)CCC3)s1)N1CCC(C(F)(F)F)CC1. The van der Waals surface area contributed by atoms with Crippen molar-refractivity contribution in [1.82, 2.24) is 14.9 Å². The molecule has 0 atom stereocenters. The number of halogens is 3. The van der Waals surface area contributed by atoms with Crippen molar-refractivity contribution in [3.05, 3.63) is 38.6 Å². The van der Waals surface area contributed by atoms with E-state index in [1.807, 2.05) is 0 Å². The van der Waals surface area contributed by atoms with Gasteiger partial charge in [0.1, 0.15) is 0 Å². The lowest BCUT2D eigenvalue weighted by Crippen LogP contribution is -2.41. The summed E-state index contributed by atoms with van der Waals surface area (Å²) in [6.07, 6.45) is -1.90. The topological polar surface area (TPSA) is 66.1 Å². The minimum atomic E-state index is -4.20. The Kier molecular flexibility index (Phi) is 4.57. The predicted molar refractivity (Wildman–Crippen MR) is 94.9 cm³/mol. The van der Waals surface area contributed by atoms with E-state index in [1.165, 1.54) is 16.2 Å². The van der Waals surface area contributed by atoms with E-state index >= 15 is 0 Å². The van der Waals surface area contributed by atoms with E-state index < -0.39 is 12.1 Å². The number of aromatic nitrogens is 2. The summed E-state index contributed by atoms with van der Waals surface area (Å²) < 4.78 is 38.3. The quantitative estimate of drug-likeness (QED) is 0.845. The Bertz CT molecular complexity index is 927. The van der Waals surface area contributed by atoms with Gasteiger partial charge in [-0.2, -0.15) is 13.2 Å². The number of amides is 1. The highest BCUT2D eigenvalue weighted by Crippen LogP contribution is 2.35. The van der Waals surface area contributed by atoms with E-state index in [9.17, 15) is 22.8 Å². The van der Waals surface area contributed by atoms with E-state index in [0.29, 0.717) is 15.6 Å². The van der Waals surface area contributed by atoms with Gasteiger partial charge in [0.2, 0.25) is 0 Å². The molecule has 1 N–H and O–H groups in total. The van der Waals surface area contributed by atoms with Crippen molar-refractivity contribution >= 4 is 17.2 Å². The molecule has 3 heterocycles. The van der Waals surface area contributed by atoms with Crippen LogP contribution in [0, 0.1) is 5.92 Å². The number of hydrogen-bond acceptors (Lipinski definition) is 4. The monoisotopic (exact) mass is 397 g/mol. The Morgan fingerprint density at radius 2 is 1.96 bits per heavy atom. The molecule has 0 radical (unpaired) electrons. The summed E-state index contributed by atoms with van der Waals surface area (Å²) in [6.45, 7) is 0.203. The van der Waals surface area contributed by atoms with Crippen LogP contribution in [-0.4, -0.2) is 40.0 Å². The van der Waals surface area contributed by atoms with Gasteiger partial charge >= 0.3 is 6.18 Å². The molecule has 2 aromatic heterocycles. The lowest BCUT2D eigenvalue weighted by Gasteiger charge is -2.32. The first-order chi connectivity index (χ1) is 12.8. The number of aromatic amines is 1. The molecule has 9 heteroatoms. The van der Waals surface area contributed by atoms with Gasteiger partial charge < -0.3 is 9.88 Å². The lowest BCUT2D eigenvalue weighted by molar-refractivity contribution is -0.183. The Morgan fingerprint density at radius 3 is 2.67 bits per heavy atom. The summed E-state index contributed by atoms with van der Waals surface area (Å²) in [5.41, 5.74) is 1.41. The summed E-state index contributed by atoms with van der Waals surface area (Å²) in [7, 11) is 0.